The first-order valence-corrected chi connectivity index (χ1v) is 8.73. The molecule has 1 rings (SSSR count). The number of hydrogen-bond acceptors (Lipinski definition) is 4. The number of nitrogens with zero attached hydrogens (tertiary/aromatic N) is 1. The van der Waals surface area contributed by atoms with Gasteiger partial charge in [0.2, 0.25) is 0 Å². The maximum atomic E-state index is 5.24. The summed E-state index contributed by atoms with van der Waals surface area (Å²) in [7, 11) is 1.77. The minimum atomic E-state index is 0.172. The molecule has 0 aromatic carbocycles. The van der Waals surface area contributed by atoms with E-state index in [1.54, 1.807) is 7.11 Å². The Morgan fingerprint density at radius 2 is 1.95 bits per heavy atom. The molecule has 1 unspecified atom stereocenters. The number of thiophene rings is 1. The topological polar surface area (TPSA) is 24.5 Å². The van der Waals surface area contributed by atoms with Crippen LogP contribution in [0.1, 0.15) is 50.8 Å². The number of nitrogens with one attached hydrogen (secondary N) is 1. The average molecular weight is 313 g/mol. The fourth-order valence-corrected chi connectivity index (χ4v) is 3.06. The van der Waals surface area contributed by atoms with Crippen LogP contribution in [0.3, 0.4) is 0 Å². The molecule has 0 bridgehead atoms. The Labute approximate surface area is 134 Å². The van der Waals surface area contributed by atoms with Crippen LogP contribution < -0.4 is 5.32 Å². The van der Waals surface area contributed by atoms with Gasteiger partial charge in [-0.1, -0.05) is 6.92 Å². The van der Waals surface area contributed by atoms with Crippen molar-refractivity contribution in [2.75, 3.05) is 20.3 Å². The summed E-state index contributed by atoms with van der Waals surface area (Å²) in [6, 6.07) is 5.12. The van der Waals surface area contributed by atoms with Gasteiger partial charge >= 0.3 is 0 Å². The Hall–Kier alpha value is -0.420. The molecule has 21 heavy (non-hydrogen) atoms. The van der Waals surface area contributed by atoms with Crippen molar-refractivity contribution in [2.24, 2.45) is 0 Å². The molecular formula is C17H32N2OS. The third kappa shape index (κ3) is 7.41. The standard InChI is InChI=1S/C17H32N2OS/c1-7-14(2)19(10-11-20-6)13-16-9-8-15(21-16)12-18-17(3,4)5/h8-9,14,18H,7,10-13H2,1-6H3. The van der Waals surface area contributed by atoms with Crippen LogP contribution in [-0.2, 0) is 17.8 Å². The molecule has 1 atom stereocenters. The van der Waals surface area contributed by atoms with E-state index in [9.17, 15) is 0 Å². The molecule has 0 saturated carbocycles. The molecule has 1 aromatic heterocycles. The summed E-state index contributed by atoms with van der Waals surface area (Å²) in [5, 5.41) is 3.55. The first-order valence-electron chi connectivity index (χ1n) is 7.91. The maximum absolute atomic E-state index is 5.24. The van der Waals surface area contributed by atoms with Crippen LogP contribution >= 0.6 is 11.3 Å². The lowest BCUT2D eigenvalue weighted by Crippen LogP contribution is -2.35. The Balaban J connectivity index is 2.57. The molecule has 1 N–H and O–H groups in total. The molecule has 1 heterocycles. The Bertz CT molecular complexity index is 398. The molecule has 0 fully saturated rings. The van der Waals surface area contributed by atoms with E-state index in [1.165, 1.54) is 16.2 Å². The van der Waals surface area contributed by atoms with Crippen LogP contribution in [0.4, 0.5) is 0 Å². The molecule has 3 nitrogen and oxygen atoms in total. The Morgan fingerprint density at radius 3 is 2.52 bits per heavy atom. The quantitative estimate of drug-likeness (QED) is 0.749. The van der Waals surface area contributed by atoms with Crippen molar-refractivity contribution in [3.05, 3.63) is 21.9 Å². The monoisotopic (exact) mass is 312 g/mol. The summed E-state index contributed by atoms with van der Waals surface area (Å²) in [4.78, 5) is 5.36. The highest BCUT2D eigenvalue weighted by atomic mass is 32.1. The predicted molar refractivity (Wildman–Crippen MR) is 93.0 cm³/mol. The predicted octanol–water partition coefficient (Wildman–Crippen LogP) is 3.88. The van der Waals surface area contributed by atoms with E-state index in [0.29, 0.717) is 6.04 Å². The third-order valence-corrected chi connectivity index (χ3v) is 4.74. The zero-order chi connectivity index (χ0) is 15.9. The molecule has 0 spiro atoms. The number of methoxy groups -OCH3 is 1. The molecule has 0 aliphatic rings. The van der Waals surface area contributed by atoms with Crippen molar-refractivity contribution in [1.82, 2.24) is 10.2 Å². The van der Waals surface area contributed by atoms with E-state index >= 15 is 0 Å². The summed E-state index contributed by atoms with van der Waals surface area (Å²) in [6.07, 6.45) is 1.17. The molecule has 4 heteroatoms. The van der Waals surface area contributed by atoms with Gasteiger partial charge in [0.05, 0.1) is 6.61 Å². The molecule has 0 aliphatic heterocycles. The normalized spacial score (nSPS) is 13.9. The van der Waals surface area contributed by atoms with Gasteiger partial charge in [-0.05, 0) is 46.2 Å². The van der Waals surface area contributed by atoms with Crippen LogP contribution in [-0.4, -0.2) is 36.7 Å². The van der Waals surface area contributed by atoms with Crippen molar-refractivity contribution in [2.45, 2.75) is 65.7 Å². The second kappa shape index (κ2) is 8.89. The largest absolute Gasteiger partial charge is 0.383 e. The van der Waals surface area contributed by atoms with E-state index in [0.717, 1.165) is 26.2 Å². The SMILES string of the molecule is CCC(C)N(CCOC)Cc1ccc(CNC(C)(C)C)s1. The zero-order valence-electron chi connectivity index (χ0n) is 14.5. The lowest BCUT2D eigenvalue weighted by Gasteiger charge is -2.27. The first kappa shape index (κ1) is 18.6. The van der Waals surface area contributed by atoms with Gasteiger partial charge in [-0.15, -0.1) is 11.3 Å². The summed E-state index contributed by atoms with van der Waals surface area (Å²) in [5.41, 5.74) is 0.172. The number of ether oxygens (including phenoxy) is 1. The van der Waals surface area contributed by atoms with Crippen molar-refractivity contribution >= 4 is 11.3 Å². The van der Waals surface area contributed by atoms with Gasteiger partial charge < -0.3 is 10.1 Å². The summed E-state index contributed by atoms with van der Waals surface area (Å²) in [6.45, 7) is 14.9. The van der Waals surface area contributed by atoms with Crippen molar-refractivity contribution in [3.8, 4) is 0 Å². The third-order valence-electron chi connectivity index (χ3n) is 3.67. The van der Waals surface area contributed by atoms with Gasteiger partial charge in [0.25, 0.3) is 0 Å². The van der Waals surface area contributed by atoms with Gasteiger partial charge in [-0.25, -0.2) is 0 Å². The molecule has 0 aliphatic carbocycles. The van der Waals surface area contributed by atoms with E-state index in [2.05, 4.69) is 57.0 Å². The van der Waals surface area contributed by atoms with Crippen LogP contribution in [0.25, 0.3) is 0 Å². The lowest BCUT2D eigenvalue weighted by molar-refractivity contribution is 0.119. The maximum Gasteiger partial charge on any atom is 0.0589 e. The fourth-order valence-electron chi connectivity index (χ4n) is 2.08. The van der Waals surface area contributed by atoms with E-state index in [4.69, 9.17) is 4.74 Å². The second-order valence-electron chi connectivity index (χ2n) is 6.69. The second-order valence-corrected chi connectivity index (χ2v) is 7.94. The fraction of sp³-hybridized carbons (Fsp3) is 0.765. The van der Waals surface area contributed by atoms with Crippen LogP contribution in [0.5, 0.6) is 0 Å². The highest BCUT2D eigenvalue weighted by molar-refractivity contribution is 7.11. The number of hydrogen-bond donors (Lipinski definition) is 1. The van der Waals surface area contributed by atoms with E-state index in [1.807, 2.05) is 11.3 Å². The number of rotatable bonds is 9. The van der Waals surface area contributed by atoms with Gasteiger partial charge in [-0.2, -0.15) is 0 Å². The highest BCUT2D eigenvalue weighted by Crippen LogP contribution is 2.20. The highest BCUT2D eigenvalue weighted by Gasteiger charge is 2.14. The van der Waals surface area contributed by atoms with E-state index in [-0.39, 0.29) is 5.54 Å². The summed E-state index contributed by atoms with van der Waals surface area (Å²) >= 11 is 1.92. The first-order chi connectivity index (χ1) is 9.85. The van der Waals surface area contributed by atoms with Gasteiger partial charge in [0.15, 0.2) is 0 Å². The lowest BCUT2D eigenvalue weighted by atomic mass is 10.1. The van der Waals surface area contributed by atoms with E-state index < -0.39 is 0 Å². The minimum absolute atomic E-state index is 0.172. The average Bonchev–Trinajstić information content (AvgIpc) is 2.87. The summed E-state index contributed by atoms with van der Waals surface area (Å²) < 4.78 is 5.24. The van der Waals surface area contributed by atoms with Gasteiger partial charge in [0.1, 0.15) is 0 Å². The Morgan fingerprint density at radius 1 is 1.29 bits per heavy atom. The molecule has 122 valence electrons. The molecule has 0 saturated heterocycles. The minimum Gasteiger partial charge on any atom is -0.383 e. The van der Waals surface area contributed by atoms with Crippen molar-refractivity contribution in [1.29, 1.82) is 0 Å². The van der Waals surface area contributed by atoms with Crippen molar-refractivity contribution < 1.29 is 4.74 Å². The smallest absolute Gasteiger partial charge is 0.0589 e. The Kier molecular flexibility index (Phi) is 7.88. The van der Waals surface area contributed by atoms with Gasteiger partial charge in [0, 0.05) is 48.1 Å². The molecule has 0 amide bonds. The molecular weight excluding hydrogens is 280 g/mol. The zero-order valence-corrected chi connectivity index (χ0v) is 15.3. The van der Waals surface area contributed by atoms with Crippen LogP contribution in [0.15, 0.2) is 12.1 Å². The van der Waals surface area contributed by atoms with Gasteiger partial charge in [-0.3, -0.25) is 4.90 Å². The molecule has 1 aromatic rings. The molecule has 0 radical (unpaired) electrons. The van der Waals surface area contributed by atoms with Crippen LogP contribution in [0.2, 0.25) is 0 Å². The van der Waals surface area contributed by atoms with Crippen LogP contribution in [0, 0.1) is 0 Å². The van der Waals surface area contributed by atoms with Crippen molar-refractivity contribution in [3.63, 3.8) is 0 Å². The summed E-state index contributed by atoms with van der Waals surface area (Å²) in [5.74, 6) is 0.